The van der Waals surface area contributed by atoms with E-state index in [4.69, 9.17) is 0 Å². The van der Waals surface area contributed by atoms with E-state index in [0.29, 0.717) is 22.5 Å². The highest BCUT2D eigenvalue weighted by Gasteiger charge is 2.51. The zero-order valence-corrected chi connectivity index (χ0v) is 21.2. The smallest absolute Gasteiger partial charge is 0.115 e. The Morgan fingerprint density at radius 3 is 2.48 bits per heavy atom. The number of aryl methyl sites for hydroxylation is 1. The van der Waals surface area contributed by atoms with Crippen LogP contribution in [-0.2, 0) is 18.3 Å². The molecule has 0 aromatic heterocycles. The van der Waals surface area contributed by atoms with E-state index in [2.05, 4.69) is 56.5 Å². The normalized spacial score (nSPS) is 26.8. The minimum Gasteiger partial charge on any atom is -0.508 e. The average molecular weight is 449 g/mol. The zero-order chi connectivity index (χ0) is 23.5. The van der Waals surface area contributed by atoms with E-state index in [-0.39, 0.29) is 0 Å². The Balaban J connectivity index is 1.29. The van der Waals surface area contributed by atoms with Crippen LogP contribution < -0.4 is 10.6 Å². The minimum atomic E-state index is 0.320. The molecule has 1 saturated carbocycles. The Morgan fingerprint density at radius 2 is 1.73 bits per heavy atom. The third-order valence-electron chi connectivity index (χ3n) is 8.70. The van der Waals surface area contributed by atoms with Crippen LogP contribution in [-0.4, -0.2) is 31.3 Å². The quantitative estimate of drug-likeness (QED) is 0.416. The summed E-state index contributed by atoms with van der Waals surface area (Å²) in [5.41, 5.74) is 6.71. The summed E-state index contributed by atoms with van der Waals surface area (Å²) < 4.78 is 0. The highest BCUT2D eigenvalue weighted by atomic mass is 16.3. The van der Waals surface area contributed by atoms with E-state index >= 15 is 0 Å². The Kier molecular flexibility index (Phi) is 7.50. The van der Waals surface area contributed by atoms with Gasteiger partial charge in [-0.2, -0.15) is 0 Å². The summed E-state index contributed by atoms with van der Waals surface area (Å²) in [6, 6.07) is 14.9. The molecule has 0 saturated heterocycles. The predicted molar refractivity (Wildman–Crippen MR) is 139 cm³/mol. The molecular formula is C30H44N2O. The number of hydrogen-bond acceptors (Lipinski definition) is 3. The van der Waals surface area contributed by atoms with Gasteiger partial charge in [0.05, 0.1) is 0 Å². The van der Waals surface area contributed by atoms with Crippen LogP contribution in [0, 0.1) is 11.3 Å². The summed E-state index contributed by atoms with van der Waals surface area (Å²) >= 11 is 0. The van der Waals surface area contributed by atoms with Gasteiger partial charge in [0, 0.05) is 19.6 Å². The van der Waals surface area contributed by atoms with Crippen LogP contribution in [0.15, 0.2) is 42.5 Å². The van der Waals surface area contributed by atoms with Crippen molar-refractivity contribution >= 4 is 0 Å². The van der Waals surface area contributed by atoms with E-state index < -0.39 is 0 Å². The standard InChI is InChI=1S/C30H44N2O/c1-22(2)24-8-12-27-25(20-24)9-13-28-29(3,15-5-16-30(27,28)4)21-32-19-18-31-17-14-23-6-10-26(33)11-7-23/h6-8,10-12,20,22,28,31-33H,5,9,13-19,21H2,1-4H3/t28-,29-,30+/m0/s1. The van der Waals surface area contributed by atoms with Crippen molar-refractivity contribution < 1.29 is 5.11 Å². The van der Waals surface area contributed by atoms with Crippen molar-refractivity contribution in [2.45, 2.75) is 77.6 Å². The maximum absolute atomic E-state index is 9.40. The number of fused-ring (bicyclic) bond motifs is 3. The van der Waals surface area contributed by atoms with Gasteiger partial charge in [0.1, 0.15) is 5.75 Å². The number of hydrogen-bond donors (Lipinski definition) is 3. The van der Waals surface area contributed by atoms with Gasteiger partial charge in [-0.3, -0.25) is 0 Å². The molecule has 0 amide bonds. The Morgan fingerprint density at radius 1 is 0.970 bits per heavy atom. The van der Waals surface area contributed by atoms with E-state index in [0.717, 1.165) is 38.5 Å². The van der Waals surface area contributed by atoms with Crippen molar-refractivity contribution in [2.75, 3.05) is 26.2 Å². The molecule has 0 aliphatic heterocycles. The zero-order valence-electron chi connectivity index (χ0n) is 21.2. The molecule has 180 valence electrons. The molecule has 33 heavy (non-hydrogen) atoms. The molecule has 3 heteroatoms. The average Bonchev–Trinajstić information content (AvgIpc) is 2.79. The van der Waals surface area contributed by atoms with Crippen molar-refractivity contribution in [3.05, 3.63) is 64.7 Å². The molecule has 1 fully saturated rings. The second-order valence-electron chi connectivity index (χ2n) is 11.4. The van der Waals surface area contributed by atoms with Gasteiger partial charge in [-0.25, -0.2) is 0 Å². The monoisotopic (exact) mass is 448 g/mol. The fraction of sp³-hybridized carbons (Fsp3) is 0.600. The van der Waals surface area contributed by atoms with Crippen LogP contribution in [0.4, 0.5) is 0 Å². The number of phenolic OH excluding ortho intramolecular Hbond substituents is 1. The fourth-order valence-corrected chi connectivity index (χ4v) is 6.79. The number of aromatic hydroxyl groups is 1. The topological polar surface area (TPSA) is 44.3 Å². The van der Waals surface area contributed by atoms with Crippen LogP contribution in [0.5, 0.6) is 5.75 Å². The van der Waals surface area contributed by atoms with Gasteiger partial charge in [0.15, 0.2) is 0 Å². The third-order valence-corrected chi connectivity index (χ3v) is 8.70. The fourth-order valence-electron chi connectivity index (χ4n) is 6.79. The third kappa shape index (κ3) is 5.30. The Labute approximate surface area is 201 Å². The maximum atomic E-state index is 9.40. The van der Waals surface area contributed by atoms with Crippen LogP contribution >= 0.6 is 0 Å². The van der Waals surface area contributed by atoms with Crippen molar-refractivity contribution in [2.24, 2.45) is 11.3 Å². The summed E-state index contributed by atoms with van der Waals surface area (Å²) in [5, 5.41) is 16.8. The number of phenols is 1. The second kappa shape index (κ2) is 10.2. The number of rotatable bonds is 9. The summed E-state index contributed by atoms with van der Waals surface area (Å²) in [5.74, 6) is 1.70. The number of nitrogens with one attached hydrogen (secondary N) is 2. The molecule has 0 heterocycles. The molecule has 2 aromatic carbocycles. The Bertz CT molecular complexity index is 921. The van der Waals surface area contributed by atoms with Crippen molar-refractivity contribution in [1.29, 1.82) is 0 Å². The lowest BCUT2D eigenvalue weighted by atomic mass is 9.49. The number of benzene rings is 2. The lowest BCUT2D eigenvalue weighted by Crippen LogP contribution is -2.53. The highest BCUT2D eigenvalue weighted by molar-refractivity contribution is 5.42. The van der Waals surface area contributed by atoms with Gasteiger partial charge in [-0.15, -0.1) is 0 Å². The van der Waals surface area contributed by atoms with E-state index in [1.807, 2.05) is 12.1 Å². The van der Waals surface area contributed by atoms with Gasteiger partial charge in [0.2, 0.25) is 0 Å². The van der Waals surface area contributed by atoms with Gasteiger partial charge in [0.25, 0.3) is 0 Å². The van der Waals surface area contributed by atoms with E-state index in [9.17, 15) is 5.11 Å². The van der Waals surface area contributed by atoms with Crippen molar-refractivity contribution in [1.82, 2.24) is 10.6 Å². The molecule has 0 bridgehead atoms. The lowest BCUT2D eigenvalue weighted by molar-refractivity contribution is 0.0261. The van der Waals surface area contributed by atoms with Crippen LogP contribution in [0.25, 0.3) is 0 Å². The van der Waals surface area contributed by atoms with Gasteiger partial charge < -0.3 is 15.7 Å². The molecule has 3 N–H and O–H groups in total. The molecule has 4 rings (SSSR count). The highest BCUT2D eigenvalue weighted by Crippen LogP contribution is 2.57. The van der Waals surface area contributed by atoms with E-state index in [1.54, 1.807) is 23.3 Å². The first-order valence-electron chi connectivity index (χ1n) is 13.1. The molecule has 2 aromatic rings. The molecule has 0 spiro atoms. The summed E-state index contributed by atoms with van der Waals surface area (Å²) in [6.07, 6.45) is 7.57. The van der Waals surface area contributed by atoms with Crippen LogP contribution in [0.2, 0.25) is 0 Å². The second-order valence-corrected chi connectivity index (χ2v) is 11.4. The predicted octanol–water partition coefficient (Wildman–Crippen LogP) is 5.95. The molecule has 3 atom stereocenters. The van der Waals surface area contributed by atoms with Gasteiger partial charge >= 0.3 is 0 Å². The summed E-state index contributed by atoms with van der Waals surface area (Å²) in [7, 11) is 0. The van der Waals surface area contributed by atoms with Crippen molar-refractivity contribution in [3.63, 3.8) is 0 Å². The molecule has 0 radical (unpaired) electrons. The largest absolute Gasteiger partial charge is 0.508 e. The summed E-state index contributed by atoms with van der Waals surface area (Å²) in [4.78, 5) is 0. The summed E-state index contributed by atoms with van der Waals surface area (Å²) in [6.45, 7) is 13.8. The molecule has 2 aliphatic carbocycles. The van der Waals surface area contributed by atoms with E-state index in [1.165, 1.54) is 43.2 Å². The van der Waals surface area contributed by atoms with Gasteiger partial charge in [-0.1, -0.05) is 64.4 Å². The minimum absolute atomic E-state index is 0.320. The lowest BCUT2D eigenvalue weighted by Gasteiger charge is -2.55. The maximum Gasteiger partial charge on any atom is 0.115 e. The first kappa shape index (κ1) is 24.3. The SMILES string of the molecule is CC(C)c1ccc2c(c1)CC[C@H]1[C@](C)(CNCCNCCc3ccc(O)cc3)CCC[C@]21C. The first-order valence-corrected chi connectivity index (χ1v) is 13.1. The molecule has 3 nitrogen and oxygen atoms in total. The van der Waals surface area contributed by atoms with Crippen LogP contribution in [0.3, 0.4) is 0 Å². The van der Waals surface area contributed by atoms with Crippen molar-refractivity contribution in [3.8, 4) is 5.75 Å². The first-order chi connectivity index (χ1) is 15.8. The Hall–Kier alpha value is -1.84. The molecule has 2 aliphatic rings. The van der Waals surface area contributed by atoms with Crippen LogP contribution in [0.1, 0.15) is 81.5 Å². The molecule has 0 unspecified atom stereocenters. The molecular weight excluding hydrogens is 404 g/mol. The van der Waals surface area contributed by atoms with Gasteiger partial charge in [-0.05, 0) is 95.7 Å².